The summed E-state index contributed by atoms with van der Waals surface area (Å²) in [5.74, 6) is -0.165. The third-order valence-corrected chi connectivity index (χ3v) is 6.20. The number of nitrogens with one attached hydrogen (secondary N) is 2. The number of hydrogen-bond donors (Lipinski definition) is 2. The molecule has 3 rings (SSSR count). The molecular weight excluding hydrogens is 412 g/mol. The lowest BCUT2D eigenvalue weighted by Crippen LogP contribution is -2.36. The van der Waals surface area contributed by atoms with Crippen molar-refractivity contribution in [3.63, 3.8) is 0 Å². The number of benzene rings is 1. The number of methoxy groups -OCH3 is 1. The number of carbonyl (C=O) groups is 2. The number of nitrogens with zero attached hydrogens (tertiary/aromatic N) is 2. The molecule has 0 spiro atoms. The van der Waals surface area contributed by atoms with E-state index >= 15 is 0 Å². The lowest BCUT2D eigenvalue weighted by molar-refractivity contribution is -0.122. The number of carbonyl (C=O) groups excluding carboxylic acids is 2. The van der Waals surface area contributed by atoms with Crippen molar-refractivity contribution in [1.29, 1.82) is 0 Å². The highest BCUT2D eigenvalue weighted by Gasteiger charge is 2.20. The van der Waals surface area contributed by atoms with Crippen LogP contribution in [0, 0.1) is 0 Å². The summed E-state index contributed by atoms with van der Waals surface area (Å²) in [4.78, 5) is 31.5. The van der Waals surface area contributed by atoms with Crippen LogP contribution >= 0.6 is 11.3 Å². The van der Waals surface area contributed by atoms with Crippen LogP contribution in [0.3, 0.4) is 0 Å². The molecule has 2 amide bonds. The molecule has 0 atom stereocenters. The number of aromatic nitrogens is 1. The molecule has 1 aromatic heterocycles. The van der Waals surface area contributed by atoms with E-state index in [9.17, 15) is 9.59 Å². The quantitative estimate of drug-likeness (QED) is 0.715. The highest BCUT2D eigenvalue weighted by atomic mass is 32.1. The van der Waals surface area contributed by atoms with Crippen LogP contribution in [-0.4, -0.2) is 50.1 Å². The number of anilines is 1. The van der Waals surface area contributed by atoms with Gasteiger partial charge in [-0.3, -0.25) is 9.59 Å². The third kappa shape index (κ3) is 7.12. The van der Waals surface area contributed by atoms with Gasteiger partial charge >= 0.3 is 0 Å². The molecule has 0 saturated carbocycles. The lowest BCUT2D eigenvalue weighted by Gasteiger charge is -2.26. The van der Waals surface area contributed by atoms with Gasteiger partial charge < -0.3 is 20.3 Å². The maximum Gasteiger partial charge on any atom is 0.252 e. The van der Waals surface area contributed by atoms with E-state index in [0.717, 1.165) is 48.5 Å². The Morgan fingerprint density at radius 2 is 2.06 bits per heavy atom. The van der Waals surface area contributed by atoms with Crippen LogP contribution in [0.1, 0.15) is 53.0 Å². The molecular formula is C23H32N4O3S. The molecule has 0 unspecified atom stereocenters. The highest BCUT2D eigenvalue weighted by molar-refractivity contribution is 7.09. The number of thiazole rings is 1. The Kier molecular flexibility index (Phi) is 9.45. The molecule has 7 nitrogen and oxygen atoms in total. The Morgan fingerprint density at radius 1 is 1.23 bits per heavy atom. The fraction of sp³-hybridized carbons (Fsp3) is 0.522. The van der Waals surface area contributed by atoms with Gasteiger partial charge in [0.1, 0.15) is 6.61 Å². The first kappa shape index (κ1) is 23.4. The molecule has 2 aromatic rings. The zero-order valence-electron chi connectivity index (χ0n) is 18.2. The average molecular weight is 445 g/mol. The summed E-state index contributed by atoms with van der Waals surface area (Å²) in [5.41, 5.74) is 2.41. The van der Waals surface area contributed by atoms with E-state index in [1.54, 1.807) is 23.6 Å². The summed E-state index contributed by atoms with van der Waals surface area (Å²) in [5, 5.41) is 9.39. The minimum absolute atomic E-state index is 0.0475. The monoisotopic (exact) mass is 444 g/mol. The van der Waals surface area contributed by atoms with Gasteiger partial charge in [-0.05, 0) is 43.1 Å². The van der Waals surface area contributed by atoms with Crippen LogP contribution in [-0.2, 0) is 22.5 Å². The third-order valence-electron chi connectivity index (χ3n) is 5.36. The number of ether oxygens (including phenoxy) is 1. The minimum atomic E-state index is -0.111. The zero-order valence-corrected chi connectivity index (χ0v) is 19.0. The zero-order chi connectivity index (χ0) is 21.9. The number of hydrogen-bond acceptors (Lipinski definition) is 6. The summed E-state index contributed by atoms with van der Waals surface area (Å²) in [6.07, 6.45) is 8.06. The van der Waals surface area contributed by atoms with Crippen LogP contribution in [0.4, 0.5) is 5.69 Å². The van der Waals surface area contributed by atoms with Crippen LogP contribution in [0.15, 0.2) is 29.8 Å². The summed E-state index contributed by atoms with van der Waals surface area (Å²) in [7, 11) is 1.54. The number of fused-ring (bicyclic) bond motifs is 1. The molecule has 1 aliphatic heterocycles. The van der Waals surface area contributed by atoms with Gasteiger partial charge in [0.25, 0.3) is 11.8 Å². The van der Waals surface area contributed by atoms with Crippen LogP contribution in [0.25, 0.3) is 0 Å². The molecule has 0 saturated heterocycles. The molecule has 0 fully saturated rings. The van der Waals surface area contributed by atoms with Crippen LogP contribution in [0.5, 0.6) is 0 Å². The Morgan fingerprint density at radius 3 is 2.87 bits per heavy atom. The molecule has 0 bridgehead atoms. The number of rotatable bonds is 6. The van der Waals surface area contributed by atoms with Crippen molar-refractivity contribution in [3.05, 3.63) is 45.9 Å². The minimum Gasteiger partial charge on any atom is -0.375 e. The molecule has 168 valence electrons. The normalized spacial score (nSPS) is 15.5. The van der Waals surface area contributed by atoms with Crippen molar-refractivity contribution in [2.24, 2.45) is 0 Å². The Bertz CT molecular complexity index is 841. The molecule has 2 heterocycles. The SMILES string of the molecule is COCC(=O)N1CCCCCCCNCc2cc(C(=O)NCCc3nccs3)ccc21. The van der Waals surface area contributed by atoms with Crippen molar-refractivity contribution >= 4 is 28.8 Å². The molecule has 1 aliphatic rings. The van der Waals surface area contributed by atoms with Gasteiger partial charge in [0, 0.05) is 56.0 Å². The van der Waals surface area contributed by atoms with Gasteiger partial charge in [0.2, 0.25) is 0 Å². The van der Waals surface area contributed by atoms with Crippen molar-refractivity contribution < 1.29 is 14.3 Å². The smallest absolute Gasteiger partial charge is 0.252 e. The fourth-order valence-corrected chi connectivity index (χ4v) is 4.37. The van der Waals surface area contributed by atoms with Gasteiger partial charge in [0.15, 0.2) is 0 Å². The topological polar surface area (TPSA) is 83.6 Å². The number of amides is 2. The first-order valence-corrected chi connectivity index (χ1v) is 11.9. The molecule has 1 aromatic carbocycles. The van der Waals surface area contributed by atoms with E-state index in [4.69, 9.17) is 4.74 Å². The molecule has 0 aliphatic carbocycles. The van der Waals surface area contributed by atoms with E-state index < -0.39 is 0 Å². The van der Waals surface area contributed by atoms with E-state index in [2.05, 4.69) is 15.6 Å². The van der Waals surface area contributed by atoms with Crippen molar-refractivity contribution in [1.82, 2.24) is 15.6 Å². The van der Waals surface area contributed by atoms with Crippen LogP contribution in [0.2, 0.25) is 0 Å². The lowest BCUT2D eigenvalue weighted by atomic mass is 10.0. The highest BCUT2D eigenvalue weighted by Crippen LogP contribution is 2.24. The summed E-state index contributed by atoms with van der Waals surface area (Å²) in [6.45, 7) is 2.79. The maximum absolute atomic E-state index is 12.7. The van der Waals surface area contributed by atoms with Gasteiger partial charge in [0.05, 0.1) is 5.01 Å². The maximum atomic E-state index is 12.7. The van der Waals surface area contributed by atoms with Crippen molar-refractivity contribution in [3.8, 4) is 0 Å². The van der Waals surface area contributed by atoms with Crippen LogP contribution < -0.4 is 15.5 Å². The van der Waals surface area contributed by atoms with Gasteiger partial charge in [-0.15, -0.1) is 11.3 Å². The Balaban J connectivity index is 1.76. The average Bonchev–Trinajstić information content (AvgIpc) is 3.28. The van der Waals surface area contributed by atoms with Gasteiger partial charge in [-0.2, -0.15) is 0 Å². The standard InChI is InChI=1S/C23H32N4O3S/c1-30-17-22(28)27-13-6-4-2-3-5-10-24-16-19-15-18(7-8-20(19)27)23(29)26-11-9-21-25-12-14-31-21/h7-8,12,14-15,24H,2-6,9-11,13,16-17H2,1H3,(H,26,29). The van der Waals surface area contributed by atoms with E-state index in [1.165, 1.54) is 20.0 Å². The predicted octanol–water partition coefficient (Wildman–Crippen LogP) is 3.15. The second kappa shape index (κ2) is 12.5. The Labute approximate surface area is 188 Å². The van der Waals surface area contributed by atoms with E-state index in [-0.39, 0.29) is 18.4 Å². The second-order valence-corrected chi connectivity index (χ2v) is 8.68. The summed E-state index contributed by atoms with van der Waals surface area (Å²) in [6, 6.07) is 5.60. The molecule has 2 N–H and O–H groups in total. The Hall–Kier alpha value is -2.29. The fourth-order valence-electron chi connectivity index (χ4n) is 3.75. The molecule has 31 heavy (non-hydrogen) atoms. The van der Waals surface area contributed by atoms with Crippen molar-refractivity contribution in [2.75, 3.05) is 38.3 Å². The van der Waals surface area contributed by atoms with E-state index in [0.29, 0.717) is 25.2 Å². The molecule has 8 heteroatoms. The van der Waals surface area contributed by atoms with E-state index in [1.807, 2.05) is 22.4 Å². The summed E-state index contributed by atoms with van der Waals surface area (Å²) >= 11 is 1.59. The largest absolute Gasteiger partial charge is 0.375 e. The second-order valence-electron chi connectivity index (χ2n) is 7.70. The summed E-state index contributed by atoms with van der Waals surface area (Å²) < 4.78 is 5.11. The first-order chi connectivity index (χ1) is 15.2. The van der Waals surface area contributed by atoms with Crippen molar-refractivity contribution in [2.45, 2.75) is 45.1 Å². The van der Waals surface area contributed by atoms with Gasteiger partial charge in [-0.1, -0.05) is 19.3 Å². The van der Waals surface area contributed by atoms with Gasteiger partial charge in [-0.25, -0.2) is 4.98 Å². The predicted molar refractivity (Wildman–Crippen MR) is 124 cm³/mol. The first-order valence-electron chi connectivity index (χ1n) is 11.0. The molecule has 0 radical (unpaired) electrons.